The molecule has 188 valence electrons. The minimum atomic E-state index is -1.05. The number of aliphatic hydroxyl groups is 1. The number of piperidine rings is 2. The molecule has 1 atom stereocenters. The molecule has 6 rings (SSSR count). The number of carbonyl (C=O) groups is 3. The number of nitrogens with one attached hydrogen (secondary N) is 1. The third-order valence-electron chi connectivity index (χ3n) is 8.00. The number of ether oxygens (including phenoxy) is 1. The second-order valence-electron chi connectivity index (χ2n) is 10.4. The Morgan fingerprint density at radius 1 is 1.11 bits per heavy atom. The Bertz CT molecular complexity index is 1220. The van der Waals surface area contributed by atoms with Gasteiger partial charge in [-0.2, -0.15) is 0 Å². The Hall–Kier alpha value is -3.14. The zero-order chi connectivity index (χ0) is 24.9. The van der Waals surface area contributed by atoms with Gasteiger partial charge in [0.25, 0.3) is 5.91 Å². The molecule has 4 aliphatic rings. The molecule has 5 heterocycles. The lowest BCUT2D eigenvalue weighted by Crippen LogP contribution is -2.52. The minimum Gasteiger partial charge on any atom is -0.383 e. The maximum absolute atomic E-state index is 12.9. The molecule has 9 heteroatoms. The smallest absolute Gasteiger partial charge is 0.256 e. The summed E-state index contributed by atoms with van der Waals surface area (Å²) in [7, 11) is 0. The summed E-state index contributed by atoms with van der Waals surface area (Å²) in [5.74, 6) is -0.503. The van der Waals surface area contributed by atoms with Crippen molar-refractivity contribution in [1.82, 2.24) is 20.1 Å². The van der Waals surface area contributed by atoms with Gasteiger partial charge in [-0.05, 0) is 42.5 Å². The molecule has 0 saturated carbocycles. The van der Waals surface area contributed by atoms with Crippen LogP contribution in [0.3, 0.4) is 0 Å². The number of amides is 3. The molecule has 3 amide bonds. The highest BCUT2D eigenvalue weighted by molar-refractivity contribution is 6.05. The fourth-order valence-electron chi connectivity index (χ4n) is 5.66. The van der Waals surface area contributed by atoms with Gasteiger partial charge in [-0.3, -0.25) is 29.6 Å². The topological polar surface area (TPSA) is 112 Å². The van der Waals surface area contributed by atoms with Crippen molar-refractivity contribution in [2.24, 2.45) is 0 Å². The second-order valence-corrected chi connectivity index (χ2v) is 10.4. The summed E-state index contributed by atoms with van der Waals surface area (Å²) in [4.78, 5) is 45.3. The summed E-state index contributed by atoms with van der Waals surface area (Å²) in [6, 6.07) is 11.5. The van der Waals surface area contributed by atoms with Gasteiger partial charge in [0.15, 0.2) is 0 Å². The van der Waals surface area contributed by atoms with Crippen LogP contribution in [-0.2, 0) is 33.0 Å². The molecular formula is C27H30N4O5. The Morgan fingerprint density at radius 3 is 2.64 bits per heavy atom. The third-order valence-corrected chi connectivity index (χ3v) is 8.00. The largest absolute Gasteiger partial charge is 0.383 e. The van der Waals surface area contributed by atoms with Crippen LogP contribution in [-0.4, -0.2) is 70.0 Å². The van der Waals surface area contributed by atoms with Crippen LogP contribution in [0.4, 0.5) is 0 Å². The highest BCUT2D eigenvalue weighted by Gasteiger charge is 2.41. The number of hydrogen-bond acceptors (Lipinski definition) is 7. The number of hydrogen-bond donors (Lipinski definition) is 2. The number of fused-ring (bicyclic) bond motifs is 1. The standard InChI is InChI=1S/C27H30N4O5/c32-24-7-5-22(25(33)29-24)31-14-21-20(26(31)34)4-6-23(28-21)27(35)8-10-30(11-9-27)13-17-2-1-3-18(12-17)19-15-36-16-19/h1-4,6,12,19,22,35H,5,7-11,13-16H2,(H,29,32,33). The molecule has 1 aromatic heterocycles. The van der Waals surface area contributed by atoms with E-state index in [-0.39, 0.29) is 24.8 Å². The van der Waals surface area contributed by atoms with E-state index in [1.165, 1.54) is 16.0 Å². The van der Waals surface area contributed by atoms with Gasteiger partial charge in [0.2, 0.25) is 11.8 Å². The fourth-order valence-corrected chi connectivity index (χ4v) is 5.66. The molecule has 3 fully saturated rings. The summed E-state index contributed by atoms with van der Waals surface area (Å²) in [6.45, 7) is 4.12. The summed E-state index contributed by atoms with van der Waals surface area (Å²) in [5, 5.41) is 13.8. The van der Waals surface area contributed by atoms with Gasteiger partial charge < -0.3 is 14.7 Å². The molecule has 0 aliphatic carbocycles. The average molecular weight is 491 g/mol. The highest BCUT2D eigenvalue weighted by atomic mass is 16.5. The van der Waals surface area contributed by atoms with Gasteiger partial charge >= 0.3 is 0 Å². The van der Waals surface area contributed by atoms with Crippen LogP contribution in [0.2, 0.25) is 0 Å². The Balaban J connectivity index is 1.11. The van der Waals surface area contributed by atoms with E-state index < -0.39 is 17.6 Å². The van der Waals surface area contributed by atoms with Crippen LogP contribution in [0, 0.1) is 0 Å². The summed E-state index contributed by atoms with van der Waals surface area (Å²) < 4.78 is 5.33. The van der Waals surface area contributed by atoms with Gasteiger partial charge in [0, 0.05) is 32.0 Å². The number of nitrogens with zero attached hydrogens (tertiary/aromatic N) is 3. The lowest BCUT2D eigenvalue weighted by atomic mass is 9.87. The molecule has 9 nitrogen and oxygen atoms in total. The van der Waals surface area contributed by atoms with Crippen LogP contribution in [0.15, 0.2) is 36.4 Å². The number of imide groups is 1. The van der Waals surface area contributed by atoms with Crippen LogP contribution in [0.1, 0.15) is 64.5 Å². The highest BCUT2D eigenvalue weighted by Crippen LogP contribution is 2.35. The van der Waals surface area contributed by atoms with Gasteiger partial charge in [0.05, 0.1) is 36.7 Å². The van der Waals surface area contributed by atoms with Crippen molar-refractivity contribution >= 4 is 17.7 Å². The van der Waals surface area contributed by atoms with E-state index in [0.29, 0.717) is 42.1 Å². The molecule has 0 radical (unpaired) electrons. The number of rotatable bonds is 5. The van der Waals surface area contributed by atoms with E-state index in [2.05, 4.69) is 34.5 Å². The third kappa shape index (κ3) is 4.21. The average Bonchev–Trinajstić information content (AvgIpc) is 3.15. The molecule has 36 heavy (non-hydrogen) atoms. The van der Waals surface area contributed by atoms with Crippen molar-refractivity contribution in [3.63, 3.8) is 0 Å². The maximum atomic E-state index is 12.9. The second kappa shape index (κ2) is 9.06. The van der Waals surface area contributed by atoms with Crippen LogP contribution in [0.5, 0.6) is 0 Å². The molecule has 4 aliphatic heterocycles. The van der Waals surface area contributed by atoms with E-state index in [1.54, 1.807) is 12.1 Å². The lowest BCUT2D eigenvalue weighted by Gasteiger charge is -2.38. The Kier molecular flexibility index (Phi) is 5.86. The van der Waals surface area contributed by atoms with Gasteiger partial charge in [-0.25, -0.2) is 0 Å². The van der Waals surface area contributed by atoms with E-state index in [4.69, 9.17) is 9.72 Å². The number of pyridine rings is 1. The first-order chi connectivity index (χ1) is 17.4. The lowest BCUT2D eigenvalue weighted by molar-refractivity contribution is -0.136. The van der Waals surface area contributed by atoms with Gasteiger partial charge in [-0.1, -0.05) is 24.3 Å². The Morgan fingerprint density at radius 2 is 1.92 bits per heavy atom. The molecule has 2 aromatic rings. The fraction of sp³-hybridized carbons (Fsp3) is 0.481. The van der Waals surface area contributed by atoms with Crippen LogP contribution >= 0.6 is 0 Å². The van der Waals surface area contributed by atoms with Crippen molar-refractivity contribution in [3.05, 3.63) is 64.5 Å². The SMILES string of the molecule is O=C1CCC(N2Cc3nc(C4(O)CCN(Cc5cccc(C6COC6)c5)CC4)ccc3C2=O)C(=O)N1. The van der Waals surface area contributed by atoms with Crippen molar-refractivity contribution in [2.75, 3.05) is 26.3 Å². The Labute approximate surface area is 209 Å². The first-order valence-corrected chi connectivity index (χ1v) is 12.7. The number of carbonyl (C=O) groups excluding carboxylic acids is 3. The molecule has 3 saturated heterocycles. The maximum Gasteiger partial charge on any atom is 0.256 e. The molecule has 2 N–H and O–H groups in total. The predicted octanol–water partition coefficient (Wildman–Crippen LogP) is 1.44. The monoisotopic (exact) mass is 490 g/mol. The zero-order valence-corrected chi connectivity index (χ0v) is 20.1. The number of likely N-dealkylation sites (tertiary alicyclic amines) is 1. The number of benzene rings is 1. The van der Waals surface area contributed by atoms with Gasteiger partial charge in [-0.15, -0.1) is 0 Å². The van der Waals surface area contributed by atoms with E-state index >= 15 is 0 Å². The van der Waals surface area contributed by atoms with E-state index in [0.717, 1.165) is 32.8 Å². The quantitative estimate of drug-likeness (QED) is 0.610. The molecular weight excluding hydrogens is 460 g/mol. The molecule has 1 aromatic carbocycles. The van der Waals surface area contributed by atoms with Crippen molar-refractivity contribution in [1.29, 1.82) is 0 Å². The predicted molar refractivity (Wildman–Crippen MR) is 129 cm³/mol. The minimum absolute atomic E-state index is 0.207. The van der Waals surface area contributed by atoms with Crippen molar-refractivity contribution in [3.8, 4) is 0 Å². The molecule has 0 bridgehead atoms. The van der Waals surface area contributed by atoms with Crippen molar-refractivity contribution < 1.29 is 24.2 Å². The summed E-state index contributed by atoms with van der Waals surface area (Å²) >= 11 is 0. The molecule has 0 spiro atoms. The van der Waals surface area contributed by atoms with Gasteiger partial charge in [0.1, 0.15) is 11.6 Å². The first kappa shape index (κ1) is 23.3. The summed E-state index contributed by atoms with van der Waals surface area (Å²) in [6.07, 6.45) is 1.64. The van der Waals surface area contributed by atoms with Crippen LogP contribution in [0.25, 0.3) is 0 Å². The zero-order valence-electron chi connectivity index (χ0n) is 20.1. The molecule has 1 unspecified atom stereocenters. The normalized spacial score (nSPS) is 24.4. The first-order valence-electron chi connectivity index (χ1n) is 12.7. The number of aromatic nitrogens is 1. The summed E-state index contributed by atoms with van der Waals surface area (Å²) in [5.41, 5.74) is 3.16. The van der Waals surface area contributed by atoms with E-state index in [9.17, 15) is 19.5 Å². The van der Waals surface area contributed by atoms with Crippen LogP contribution < -0.4 is 5.32 Å². The van der Waals surface area contributed by atoms with E-state index in [1.807, 2.05) is 0 Å². The van der Waals surface area contributed by atoms with Crippen molar-refractivity contribution in [2.45, 2.75) is 56.3 Å².